The second-order valence-electron chi connectivity index (χ2n) is 8.66. The SMILES string of the molecule is CC(C)(c1cn(C(CCC(N)=O)C(=O)NC(C(N)=O)c2ccc(F)cc2)nn1)N1CCOCC1. The Labute approximate surface area is 196 Å². The van der Waals surface area contributed by atoms with E-state index >= 15 is 0 Å². The van der Waals surface area contributed by atoms with Gasteiger partial charge in [0.2, 0.25) is 17.7 Å². The Balaban J connectivity index is 1.84. The first-order chi connectivity index (χ1) is 16.1. The third kappa shape index (κ3) is 5.94. The van der Waals surface area contributed by atoms with Crippen molar-refractivity contribution in [1.29, 1.82) is 0 Å². The molecule has 11 nitrogen and oxygen atoms in total. The van der Waals surface area contributed by atoms with E-state index in [4.69, 9.17) is 16.2 Å². The molecule has 1 aromatic carbocycles. The molecule has 0 bridgehead atoms. The summed E-state index contributed by atoms with van der Waals surface area (Å²) in [6.45, 7) is 6.68. The molecule has 1 aromatic heterocycles. The van der Waals surface area contributed by atoms with E-state index in [2.05, 4.69) is 20.5 Å². The van der Waals surface area contributed by atoms with E-state index in [1.807, 2.05) is 13.8 Å². The van der Waals surface area contributed by atoms with Crippen molar-refractivity contribution in [3.8, 4) is 0 Å². The number of nitrogens with one attached hydrogen (secondary N) is 1. The van der Waals surface area contributed by atoms with Gasteiger partial charge in [-0.25, -0.2) is 9.07 Å². The molecule has 1 aliphatic heterocycles. The van der Waals surface area contributed by atoms with Crippen LogP contribution in [0.5, 0.6) is 0 Å². The number of carbonyl (C=O) groups is 3. The number of amides is 3. The lowest BCUT2D eigenvalue weighted by Gasteiger charge is -2.39. The number of halogens is 1. The van der Waals surface area contributed by atoms with Crippen LogP contribution in [0.3, 0.4) is 0 Å². The summed E-state index contributed by atoms with van der Waals surface area (Å²) in [6.07, 6.45) is 1.60. The minimum absolute atomic E-state index is 0.0385. The van der Waals surface area contributed by atoms with Crippen molar-refractivity contribution in [1.82, 2.24) is 25.2 Å². The molecule has 34 heavy (non-hydrogen) atoms. The van der Waals surface area contributed by atoms with Crippen LogP contribution in [0.2, 0.25) is 0 Å². The van der Waals surface area contributed by atoms with Gasteiger partial charge in [-0.2, -0.15) is 0 Å². The molecule has 0 saturated carbocycles. The Kier molecular flexibility index (Phi) is 7.94. The molecule has 12 heteroatoms. The van der Waals surface area contributed by atoms with Crippen molar-refractivity contribution < 1.29 is 23.5 Å². The van der Waals surface area contributed by atoms with Gasteiger partial charge in [-0.05, 0) is 38.0 Å². The third-order valence-corrected chi connectivity index (χ3v) is 6.00. The average molecular weight is 476 g/mol. The van der Waals surface area contributed by atoms with Gasteiger partial charge in [0, 0.05) is 19.5 Å². The highest BCUT2D eigenvalue weighted by atomic mass is 19.1. The van der Waals surface area contributed by atoms with Crippen molar-refractivity contribution in [3.05, 3.63) is 47.5 Å². The van der Waals surface area contributed by atoms with E-state index in [-0.39, 0.29) is 12.8 Å². The zero-order chi connectivity index (χ0) is 24.9. The first kappa shape index (κ1) is 25.2. The highest BCUT2D eigenvalue weighted by molar-refractivity contribution is 5.89. The largest absolute Gasteiger partial charge is 0.379 e. The Morgan fingerprint density at radius 1 is 1.18 bits per heavy atom. The molecule has 1 fully saturated rings. The predicted molar refractivity (Wildman–Crippen MR) is 119 cm³/mol. The van der Waals surface area contributed by atoms with Crippen LogP contribution in [-0.4, -0.2) is 63.9 Å². The van der Waals surface area contributed by atoms with Gasteiger partial charge in [-0.3, -0.25) is 19.3 Å². The molecule has 3 amide bonds. The fourth-order valence-electron chi connectivity index (χ4n) is 3.87. The minimum Gasteiger partial charge on any atom is -0.379 e. The molecule has 0 radical (unpaired) electrons. The number of primary amides is 2. The molecular weight excluding hydrogens is 445 g/mol. The molecule has 0 aliphatic carbocycles. The fraction of sp³-hybridized carbons (Fsp3) is 0.500. The Morgan fingerprint density at radius 2 is 1.82 bits per heavy atom. The van der Waals surface area contributed by atoms with Crippen molar-refractivity contribution in [3.63, 3.8) is 0 Å². The second kappa shape index (κ2) is 10.7. The van der Waals surface area contributed by atoms with Crippen molar-refractivity contribution in [2.24, 2.45) is 11.5 Å². The molecule has 3 rings (SSSR count). The summed E-state index contributed by atoms with van der Waals surface area (Å²) in [5.74, 6) is -2.50. The fourth-order valence-corrected chi connectivity index (χ4v) is 3.87. The van der Waals surface area contributed by atoms with Gasteiger partial charge < -0.3 is 21.5 Å². The first-order valence-corrected chi connectivity index (χ1v) is 11.0. The smallest absolute Gasteiger partial charge is 0.245 e. The standard InChI is InChI=1S/C22H30FN7O4/c1-22(2,29-9-11-34-12-10-29)17-13-30(28-27-17)16(7-8-18(24)31)21(33)26-19(20(25)32)14-3-5-15(23)6-4-14/h3-6,13,16,19H,7-12H2,1-2H3,(H2,24,31)(H2,25,32)(H,26,33). The van der Waals surface area contributed by atoms with Crippen molar-refractivity contribution in [2.45, 2.75) is 44.3 Å². The molecule has 0 spiro atoms. The number of nitrogens with zero attached hydrogens (tertiary/aromatic N) is 4. The molecular formula is C22H30FN7O4. The maximum Gasteiger partial charge on any atom is 0.245 e. The van der Waals surface area contributed by atoms with E-state index in [0.29, 0.717) is 24.5 Å². The van der Waals surface area contributed by atoms with E-state index < -0.39 is 41.2 Å². The van der Waals surface area contributed by atoms with Crippen molar-refractivity contribution in [2.75, 3.05) is 26.3 Å². The number of hydrogen-bond acceptors (Lipinski definition) is 7. The highest BCUT2D eigenvalue weighted by Crippen LogP contribution is 2.28. The number of morpholine rings is 1. The normalized spacial score (nSPS) is 16.6. The minimum atomic E-state index is -1.20. The summed E-state index contributed by atoms with van der Waals surface area (Å²) in [5, 5.41) is 11.0. The molecule has 2 unspecified atom stereocenters. The predicted octanol–water partition coefficient (Wildman–Crippen LogP) is 0.134. The number of rotatable bonds is 10. The van der Waals surface area contributed by atoms with E-state index in [1.165, 1.54) is 28.9 Å². The van der Waals surface area contributed by atoms with Gasteiger partial charge in [0.1, 0.15) is 23.6 Å². The van der Waals surface area contributed by atoms with Crippen LogP contribution < -0.4 is 16.8 Å². The summed E-state index contributed by atoms with van der Waals surface area (Å²) in [6, 6.07) is 2.89. The average Bonchev–Trinajstić information content (AvgIpc) is 3.29. The van der Waals surface area contributed by atoms with Crippen LogP contribution in [0.25, 0.3) is 0 Å². The lowest BCUT2D eigenvalue weighted by molar-refractivity contribution is -0.130. The zero-order valence-electron chi connectivity index (χ0n) is 19.2. The van der Waals surface area contributed by atoms with Crippen LogP contribution in [0.1, 0.15) is 50.0 Å². The topological polar surface area (TPSA) is 158 Å². The Morgan fingerprint density at radius 3 is 2.41 bits per heavy atom. The van der Waals surface area contributed by atoms with E-state index in [0.717, 1.165) is 13.1 Å². The molecule has 2 atom stereocenters. The lowest BCUT2D eigenvalue weighted by Crippen LogP contribution is -2.48. The number of carbonyl (C=O) groups excluding carboxylic acids is 3. The highest BCUT2D eigenvalue weighted by Gasteiger charge is 2.34. The lowest BCUT2D eigenvalue weighted by atomic mass is 9.98. The van der Waals surface area contributed by atoms with Crippen LogP contribution >= 0.6 is 0 Å². The van der Waals surface area contributed by atoms with Crippen LogP contribution in [0.4, 0.5) is 4.39 Å². The number of benzene rings is 1. The molecule has 1 aliphatic rings. The Hall–Kier alpha value is -3.38. The molecule has 184 valence electrons. The third-order valence-electron chi connectivity index (χ3n) is 6.00. The quantitative estimate of drug-likeness (QED) is 0.441. The van der Waals surface area contributed by atoms with Crippen LogP contribution in [-0.2, 0) is 24.7 Å². The number of nitrogens with two attached hydrogens (primary N) is 2. The van der Waals surface area contributed by atoms with Gasteiger partial charge in [-0.15, -0.1) is 5.10 Å². The van der Waals surface area contributed by atoms with Crippen LogP contribution in [0.15, 0.2) is 30.5 Å². The van der Waals surface area contributed by atoms with Gasteiger partial charge in [-0.1, -0.05) is 17.3 Å². The summed E-state index contributed by atoms with van der Waals surface area (Å²) in [4.78, 5) is 38.9. The zero-order valence-corrected chi connectivity index (χ0v) is 19.2. The number of ether oxygens (including phenoxy) is 1. The number of aromatic nitrogens is 3. The molecule has 1 saturated heterocycles. The van der Waals surface area contributed by atoms with E-state index in [1.54, 1.807) is 6.20 Å². The summed E-state index contributed by atoms with van der Waals surface area (Å²) in [5.41, 5.74) is 11.3. The van der Waals surface area contributed by atoms with E-state index in [9.17, 15) is 18.8 Å². The molecule has 5 N–H and O–H groups in total. The molecule has 2 heterocycles. The van der Waals surface area contributed by atoms with Gasteiger partial charge >= 0.3 is 0 Å². The summed E-state index contributed by atoms with van der Waals surface area (Å²) in [7, 11) is 0. The second-order valence-corrected chi connectivity index (χ2v) is 8.66. The molecule has 2 aromatic rings. The maximum atomic E-state index is 13.3. The summed E-state index contributed by atoms with van der Waals surface area (Å²) >= 11 is 0. The van der Waals surface area contributed by atoms with Gasteiger partial charge in [0.25, 0.3) is 0 Å². The Bertz CT molecular complexity index is 1020. The van der Waals surface area contributed by atoms with Gasteiger partial charge in [0.05, 0.1) is 24.9 Å². The maximum absolute atomic E-state index is 13.3. The monoisotopic (exact) mass is 475 g/mol. The first-order valence-electron chi connectivity index (χ1n) is 11.0. The summed E-state index contributed by atoms with van der Waals surface area (Å²) < 4.78 is 20.1. The number of hydrogen-bond donors (Lipinski definition) is 3. The van der Waals surface area contributed by atoms with Crippen molar-refractivity contribution >= 4 is 17.7 Å². The van der Waals surface area contributed by atoms with Crippen LogP contribution in [0, 0.1) is 5.82 Å². The van der Waals surface area contributed by atoms with Gasteiger partial charge in [0.15, 0.2) is 0 Å².